The van der Waals surface area contributed by atoms with Gasteiger partial charge in [0, 0.05) is 37.8 Å². The Morgan fingerprint density at radius 3 is 2.61 bits per heavy atom. The normalized spacial score (nSPS) is 14.8. The Bertz CT molecular complexity index is 860. The minimum absolute atomic E-state index is 0.00205. The van der Waals surface area contributed by atoms with Gasteiger partial charge in [0.05, 0.1) is 0 Å². The van der Waals surface area contributed by atoms with Gasteiger partial charge in [-0.25, -0.2) is 9.97 Å². The second-order valence-corrected chi connectivity index (χ2v) is 7.54. The molecule has 1 amide bonds. The van der Waals surface area contributed by atoms with E-state index in [2.05, 4.69) is 51.2 Å². The number of carbonyl (C=O) groups is 1. The van der Waals surface area contributed by atoms with Crippen molar-refractivity contribution in [3.8, 4) is 11.8 Å². The largest absolute Gasteiger partial charge is 0.354 e. The van der Waals surface area contributed by atoms with Crippen LogP contribution in [0, 0.1) is 11.8 Å². The van der Waals surface area contributed by atoms with Crippen LogP contribution in [0.15, 0.2) is 36.5 Å². The van der Waals surface area contributed by atoms with Gasteiger partial charge in [0.25, 0.3) is 0 Å². The molecule has 0 spiro atoms. The van der Waals surface area contributed by atoms with Gasteiger partial charge in [0.1, 0.15) is 5.69 Å². The van der Waals surface area contributed by atoms with Crippen molar-refractivity contribution in [3.05, 3.63) is 53.3 Å². The van der Waals surface area contributed by atoms with Gasteiger partial charge in [0.2, 0.25) is 11.9 Å². The Balaban J connectivity index is 1.64. The maximum absolute atomic E-state index is 11.1. The van der Waals surface area contributed by atoms with E-state index in [1.54, 1.807) is 13.1 Å². The third kappa shape index (κ3) is 5.56. The molecule has 1 fully saturated rings. The van der Waals surface area contributed by atoms with Gasteiger partial charge in [-0.15, -0.1) is 0 Å². The zero-order chi connectivity index (χ0) is 19.9. The number of amides is 1. The van der Waals surface area contributed by atoms with Crippen molar-refractivity contribution < 1.29 is 4.79 Å². The summed E-state index contributed by atoms with van der Waals surface area (Å²) in [6.45, 7) is 3.55. The summed E-state index contributed by atoms with van der Waals surface area (Å²) < 4.78 is 0. The monoisotopic (exact) mass is 376 g/mol. The Morgan fingerprint density at radius 2 is 1.93 bits per heavy atom. The third-order valence-corrected chi connectivity index (χ3v) is 5.11. The Kier molecular flexibility index (Phi) is 6.65. The van der Waals surface area contributed by atoms with Crippen LogP contribution in [0.1, 0.15) is 56.4 Å². The summed E-state index contributed by atoms with van der Waals surface area (Å²) in [5.74, 6) is 7.08. The van der Waals surface area contributed by atoms with Crippen LogP contribution in [-0.4, -0.2) is 35.0 Å². The van der Waals surface area contributed by atoms with E-state index in [1.807, 2.05) is 25.1 Å². The van der Waals surface area contributed by atoms with Crippen LogP contribution in [0.4, 0.5) is 5.95 Å². The number of rotatable bonds is 5. The molecule has 1 aromatic heterocycles. The van der Waals surface area contributed by atoms with Crippen LogP contribution in [0.2, 0.25) is 0 Å². The molecule has 2 aromatic rings. The molecule has 1 unspecified atom stereocenters. The molecule has 1 N–H and O–H groups in total. The number of aromatic nitrogens is 2. The fraction of sp³-hybridized carbons (Fsp3) is 0.435. The van der Waals surface area contributed by atoms with Gasteiger partial charge in [-0.05, 0) is 55.9 Å². The summed E-state index contributed by atoms with van der Waals surface area (Å²) in [7, 11) is 2.07. The molecule has 0 saturated heterocycles. The molecule has 3 rings (SSSR count). The number of carbonyl (C=O) groups excluding carboxylic acids is 1. The SMILES string of the molecule is CC(=O)NC(C)Cc1ccc(C#Cc2ccnc(N(C)C3CCCC3)n2)cc1. The predicted molar refractivity (Wildman–Crippen MR) is 112 cm³/mol. The highest BCUT2D eigenvalue weighted by atomic mass is 16.1. The lowest BCUT2D eigenvalue weighted by Gasteiger charge is -2.23. The molecule has 5 nitrogen and oxygen atoms in total. The zero-order valence-corrected chi connectivity index (χ0v) is 16.9. The van der Waals surface area contributed by atoms with Crippen LogP contribution in [0.5, 0.6) is 0 Å². The highest BCUT2D eigenvalue weighted by Crippen LogP contribution is 2.24. The lowest BCUT2D eigenvalue weighted by molar-refractivity contribution is -0.119. The minimum atomic E-state index is -0.00205. The van der Waals surface area contributed by atoms with Crippen molar-refractivity contribution in [1.82, 2.24) is 15.3 Å². The quantitative estimate of drug-likeness (QED) is 0.814. The van der Waals surface area contributed by atoms with Gasteiger partial charge in [0.15, 0.2) is 0 Å². The molecule has 28 heavy (non-hydrogen) atoms. The molecule has 1 saturated carbocycles. The fourth-order valence-electron chi connectivity index (χ4n) is 3.65. The van der Waals surface area contributed by atoms with Crippen molar-refractivity contribution in [2.45, 2.75) is 58.0 Å². The molecule has 5 heteroatoms. The number of hydrogen-bond acceptors (Lipinski definition) is 4. The van der Waals surface area contributed by atoms with Crippen molar-refractivity contribution in [1.29, 1.82) is 0 Å². The van der Waals surface area contributed by atoms with Crippen molar-refractivity contribution in [2.75, 3.05) is 11.9 Å². The summed E-state index contributed by atoms with van der Waals surface area (Å²) in [6.07, 6.45) is 7.58. The number of benzene rings is 1. The van der Waals surface area contributed by atoms with Crippen molar-refractivity contribution in [2.24, 2.45) is 0 Å². The van der Waals surface area contributed by atoms with Gasteiger partial charge in [-0.1, -0.05) is 30.9 Å². The second kappa shape index (κ2) is 9.36. The van der Waals surface area contributed by atoms with Crippen molar-refractivity contribution in [3.63, 3.8) is 0 Å². The lowest BCUT2D eigenvalue weighted by Crippen LogP contribution is -2.31. The van der Waals surface area contributed by atoms with E-state index in [4.69, 9.17) is 0 Å². The highest BCUT2D eigenvalue weighted by Gasteiger charge is 2.21. The van der Waals surface area contributed by atoms with Crippen LogP contribution in [-0.2, 0) is 11.2 Å². The highest BCUT2D eigenvalue weighted by molar-refractivity contribution is 5.73. The zero-order valence-electron chi connectivity index (χ0n) is 16.9. The van der Waals surface area contributed by atoms with Crippen LogP contribution >= 0.6 is 0 Å². The average Bonchev–Trinajstić information content (AvgIpc) is 3.21. The summed E-state index contributed by atoms with van der Waals surface area (Å²) in [4.78, 5) is 22.3. The fourth-order valence-corrected chi connectivity index (χ4v) is 3.65. The molecule has 1 aliphatic carbocycles. The van der Waals surface area contributed by atoms with E-state index in [0.717, 1.165) is 23.6 Å². The molecular formula is C23H28N4O. The maximum Gasteiger partial charge on any atom is 0.226 e. The molecule has 1 aliphatic rings. The first kappa shape index (κ1) is 19.9. The Hall–Kier alpha value is -2.87. The van der Waals surface area contributed by atoms with Gasteiger partial charge in [-0.2, -0.15) is 0 Å². The molecule has 1 atom stereocenters. The van der Waals surface area contributed by atoms with Crippen LogP contribution < -0.4 is 10.2 Å². The Morgan fingerprint density at radius 1 is 1.21 bits per heavy atom. The molecule has 0 aliphatic heterocycles. The first-order valence-corrected chi connectivity index (χ1v) is 9.95. The van der Waals surface area contributed by atoms with Gasteiger partial charge < -0.3 is 10.2 Å². The molecule has 1 aromatic carbocycles. The topological polar surface area (TPSA) is 58.1 Å². The van der Waals surface area contributed by atoms with Gasteiger partial charge in [-0.3, -0.25) is 4.79 Å². The van der Waals surface area contributed by atoms with Gasteiger partial charge >= 0.3 is 0 Å². The second-order valence-electron chi connectivity index (χ2n) is 7.54. The number of nitrogens with one attached hydrogen (secondary N) is 1. The maximum atomic E-state index is 11.1. The molecule has 1 heterocycles. The number of anilines is 1. The smallest absolute Gasteiger partial charge is 0.226 e. The van der Waals surface area contributed by atoms with E-state index >= 15 is 0 Å². The predicted octanol–water partition coefficient (Wildman–Crippen LogP) is 3.32. The summed E-state index contributed by atoms with van der Waals surface area (Å²) in [5, 5.41) is 2.90. The molecule has 0 bridgehead atoms. The number of nitrogens with zero attached hydrogens (tertiary/aromatic N) is 3. The summed E-state index contributed by atoms with van der Waals surface area (Å²) in [6, 6.07) is 10.6. The first-order valence-electron chi connectivity index (χ1n) is 9.95. The van der Waals surface area contributed by atoms with E-state index in [-0.39, 0.29) is 11.9 Å². The van der Waals surface area contributed by atoms with E-state index in [9.17, 15) is 4.79 Å². The van der Waals surface area contributed by atoms with Crippen molar-refractivity contribution >= 4 is 11.9 Å². The summed E-state index contributed by atoms with van der Waals surface area (Å²) >= 11 is 0. The lowest BCUT2D eigenvalue weighted by atomic mass is 10.1. The number of hydrogen-bond donors (Lipinski definition) is 1. The molecule has 0 radical (unpaired) electrons. The summed E-state index contributed by atoms with van der Waals surface area (Å²) in [5.41, 5.74) is 2.85. The first-order chi connectivity index (χ1) is 13.5. The van der Waals surface area contributed by atoms with E-state index < -0.39 is 0 Å². The molecular weight excluding hydrogens is 348 g/mol. The third-order valence-electron chi connectivity index (χ3n) is 5.11. The van der Waals surface area contributed by atoms with Crippen LogP contribution in [0.3, 0.4) is 0 Å². The standard InChI is InChI=1S/C23H28N4O/c1-17(25-18(2)28)16-20-10-8-19(9-11-20)12-13-21-14-15-24-23(26-21)27(3)22-6-4-5-7-22/h8-11,14-15,17,22H,4-7,16H2,1-3H3,(H,25,28). The average molecular weight is 377 g/mol. The molecule has 146 valence electrons. The van der Waals surface area contributed by atoms with E-state index in [1.165, 1.54) is 31.2 Å². The minimum Gasteiger partial charge on any atom is -0.354 e. The van der Waals surface area contributed by atoms with Crippen LogP contribution in [0.25, 0.3) is 0 Å². The Labute approximate surface area is 167 Å². The van der Waals surface area contributed by atoms with E-state index in [0.29, 0.717) is 6.04 Å².